The monoisotopic (exact) mass is 244 g/mol. The molecule has 9 heteroatoms. The van der Waals surface area contributed by atoms with E-state index in [-0.39, 0.29) is 0 Å². The van der Waals surface area contributed by atoms with Crippen LogP contribution in [0.25, 0.3) is 0 Å². The maximum absolute atomic E-state index is 11.8. The van der Waals surface area contributed by atoms with Crippen LogP contribution in [0.15, 0.2) is 0 Å². The van der Waals surface area contributed by atoms with Gasteiger partial charge in [0, 0.05) is 0 Å². The molecule has 0 aliphatic rings. The quantitative estimate of drug-likeness (QED) is 0.453. The molecule has 0 aromatic rings. The second kappa shape index (κ2) is 1.29. The summed E-state index contributed by atoms with van der Waals surface area (Å²) in [6.45, 7) is 0. The van der Waals surface area contributed by atoms with E-state index in [2.05, 4.69) is 0 Å². The first-order valence-corrected chi connectivity index (χ1v) is 5.64. The van der Waals surface area contributed by atoms with Gasteiger partial charge in [-0.05, 0) is 0 Å². The third-order valence-electron chi connectivity index (χ3n) is 0.437. The van der Waals surface area contributed by atoms with Gasteiger partial charge in [-0.1, -0.05) is 0 Å². The predicted octanol–water partition coefficient (Wildman–Crippen LogP) is 2.78. The molecule has 0 atom stereocenters. The first-order valence-electron chi connectivity index (χ1n) is 1.54. The van der Waals surface area contributed by atoms with Crippen LogP contribution in [0.3, 0.4) is 0 Å². The summed E-state index contributed by atoms with van der Waals surface area (Å²) in [6.07, 6.45) is 0. The van der Waals surface area contributed by atoms with Crippen LogP contribution >= 0.6 is 0 Å². The Morgan fingerprint density at radius 2 is 0.800 bits per heavy atom. The third-order valence-corrected chi connectivity index (χ3v) is 2.27. The minimum absolute atomic E-state index is 7.35. The Morgan fingerprint density at radius 1 is 0.700 bits per heavy atom. The van der Waals surface area contributed by atoms with Crippen molar-refractivity contribution in [1.82, 2.24) is 0 Å². The molecule has 0 saturated carbocycles. The average molecular weight is 243 g/mol. The summed E-state index contributed by atoms with van der Waals surface area (Å²) in [7, 11) is 0. The second-order valence-electron chi connectivity index (χ2n) is 1.41. The molecule has 66 valence electrons. The molecule has 0 amide bonds. The Kier molecular flexibility index (Phi) is 1.29. The van der Waals surface area contributed by atoms with Gasteiger partial charge >= 0.3 is 49.0 Å². The second-order valence-corrected chi connectivity index (χ2v) is 6.45. The fourth-order valence-electron chi connectivity index (χ4n) is 0. The van der Waals surface area contributed by atoms with Crippen molar-refractivity contribution in [2.24, 2.45) is 0 Å². The molecule has 0 bridgehead atoms. The first kappa shape index (κ1) is 9.96. The van der Waals surface area contributed by atoms with Gasteiger partial charge in [-0.3, -0.25) is 0 Å². The standard InChI is InChI=1S/CF8Se/c2-1(3,4)10(5,6,7,8)9. The zero-order valence-electron chi connectivity index (χ0n) is 3.93. The van der Waals surface area contributed by atoms with Crippen LogP contribution < -0.4 is 0 Å². The Morgan fingerprint density at radius 3 is 0.800 bits per heavy atom. The third kappa shape index (κ3) is 1.72. The van der Waals surface area contributed by atoms with Crippen LogP contribution in [0.2, 0.25) is 0 Å². The molecule has 0 aliphatic heterocycles. The Balaban J connectivity index is 5.14. The minimum atomic E-state index is -11.8. The molecule has 0 N–H and O–H groups in total. The molecule has 0 aliphatic carbocycles. The van der Waals surface area contributed by atoms with Crippen molar-refractivity contribution in [2.75, 3.05) is 0 Å². The summed E-state index contributed by atoms with van der Waals surface area (Å²) >= 11 is -11.8. The van der Waals surface area contributed by atoms with Crippen LogP contribution in [-0.2, 0) is 0 Å². The summed E-state index contributed by atoms with van der Waals surface area (Å²) in [5, 5.41) is -7.35. The molecule has 0 radical (unpaired) electrons. The molecule has 0 spiro atoms. The zero-order chi connectivity index (χ0) is 8.91. The van der Waals surface area contributed by atoms with Crippen LogP contribution in [0, 0.1) is 0 Å². The maximum atomic E-state index is 10.6. The number of hydrogen-bond donors (Lipinski definition) is 0. The zero-order valence-corrected chi connectivity index (χ0v) is 5.65. The molecule has 0 fully saturated rings. The van der Waals surface area contributed by atoms with E-state index in [0.717, 1.165) is 0 Å². The van der Waals surface area contributed by atoms with Crippen LogP contribution in [-0.4, -0.2) is 18.1 Å². The Hall–Kier alpha value is -0.0405. The van der Waals surface area contributed by atoms with Gasteiger partial charge in [0.2, 0.25) is 0 Å². The molecule has 0 rings (SSSR count). The fraction of sp³-hybridized carbons (Fsp3) is 1.00. The van der Waals surface area contributed by atoms with E-state index in [1.807, 2.05) is 0 Å². The van der Waals surface area contributed by atoms with Crippen molar-refractivity contribution >= 4 is 13.0 Å². The summed E-state index contributed by atoms with van der Waals surface area (Å²) in [6, 6.07) is 0. The number of rotatable bonds is 0. The SMILES string of the molecule is FC(F)(F)[Se](F)(F)(F)(F)F. The van der Waals surface area contributed by atoms with Crippen molar-refractivity contribution in [2.45, 2.75) is 5.07 Å². The van der Waals surface area contributed by atoms with Crippen LogP contribution in [0.5, 0.6) is 0 Å². The van der Waals surface area contributed by atoms with Crippen molar-refractivity contribution in [3.05, 3.63) is 0 Å². The van der Waals surface area contributed by atoms with E-state index < -0.39 is 18.1 Å². The van der Waals surface area contributed by atoms with Crippen molar-refractivity contribution in [3.63, 3.8) is 0 Å². The van der Waals surface area contributed by atoms with Crippen LogP contribution in [0.1, 0.15) is 0 Å². The van der Waals surface area contributed by atoms with E-state index in [4.69, 9.17) is 0 Å². The van der Waals surface area contributed by atoms with Gasteiger partial charge in [0.15, 0.2) is 0 Å². The molecule has 0 aromatic carbocycles. The van der Waals surface area contributed by atoms with Crippen molar-refractivity contribution in [1.29, 1.82) is 0 Å². The first-order chi connectivity index (χ1) is 3.75. The number of hydrogen-bond acceptors (Lipinski definition) is 0. The van der Waals surface area contributed by atoms with Crippen LogP contribution in [0.4, 0.5) is 30.9 Å². The van der Waals surface area contributed by atoms with E-state index in [1.54, 1.807) is 0 Å². The van der Waals surface area contributed by atoms with Gasteiger partial charge in [-0.15, -0.1) is 0 Å². The molecule has 0 nitrogen and oxygen atoms in total. The number of halogens is 8. The van der Waals surface area contributed by atoms with Gasteiger partial charge in [-0.25, -0.2) is 0 Å². The predicted molar refractivity (Wildman–Crippen MR) is 17.3 cm³/mol. The summed E-state index contributed by atoms with van der Waals surface area (Å²) < 4.78 is 84.8. The molecule has 0 saturated heterocycles. The molecular formula is CF8Se. The molecule has 10 heavy (non-hydrogen) atoms. The van der Waals surface area contributed by atoms with Crippen molar-refractivity contribution < 1.29 is 30.9 Å². The van der Waals surface area contributed by atoms with E-state index in [0.29, 0.717) is 0 Å². The molecule has 0 unspecified atom stereocenters. The summed E-state index contributed by atoms with van der Waals surface area (Å²) in [4.78, 5) is 0. The van der Waals surface area contributed by atoms with Gasteiger partial charge in [0.05, 0.1) is 0 Å². The molecule has 0 aromatic heterocycles. The average Bonchev–Trinajstić information content (AvgIpc) is 1.16. The fourth-order valence-corrected chi connectivity index (χ4v) is 0. The Bertz CT molecular complexity index is 139. The van der Waals surface area contributed by atoms with Gasteiger partial charge < -0.3 is 0 Å². The van der Waals surface area contributed by atoms with E-state index in [1.165, 1.54) is 0 Å². The topological polar surface area (TPSA) is 0 Å². The summed E-state index contributed by atoms with van der Waals surface area (Å²) in [5.74, 6) is 0. The van der Waals surface area contributed by atoms with Gasteiger partial charge in [0.1, 0.15) is 0 Å². The normalized spacial score (nSPS) is 21.6. The molecule has 0 heterocycles. The molecular weight excluding hydrogens is 243 g/mol. The van der Waals surface area contributed by atoms with E-state index >= 15 is 0 Å². The van der Waals surface area contributed by atoms with Crippen molar-refractivity contribution in [3.8, 4) is 0 Å². The van der Waals surface area contributed by atoms with E-state index in [9.17, 15) is 30.9 Å². The van der Waals surface area contributed by atoms with Gasteiger partial charge in [-0.2, -0.15) is 0 Å². The summed E-state index contributed by atoms with van der Waals surface area (Å²) in [5.41, 5.74) is 0. The number of alkyl halides is 3. The van der Waals surface area contributed by atoms with Gasteiger partial charge in [0.25, 0.3) is 0 Å². The Labute approximate surface area is 50.0 Å².